The van der Waals surface area contributed by atoms with Crippen molar-refractivity contribution in [1.82, 2.24) is 14.9 Å². The zero-order valence-corrected chi connectivity index (χ0v) is 13.2. The number of nitrogens with one attached hydrogen (secondary N) is 1. The van der Waals surface area contributed by atoms with E-state index in [4.69, 9.17) is 5.26 Å². The Hall–Kier alpha value is -2.65. The first-order valence-corrected chi connectivity index (χ1v) is 7.86. The summed E-state index contributed by atoms with van der Waals surface area (Å²) in [5, 5.41) is 12.4. The summed E-state index contributed by atoms with van der Waals surface area (Å²) in [4.78, 5) is 13.6. The lowest BCUT2D eigenvalue weighted by Gasteiger charge is -2.34. The minimum atomic E-state index is 0.601. The molecule has 1 aliphatic heterocycles. The second kappa shape index (κ2) is 7.07. The first-order chi connectivity index (χ1) is 11.3. The van der Waals surface area contributed by atoms with Crippen LogP contribution in [0, 0.1) is 11.3 Å². The van der Waals surface area contributed by atoms with E-state index in [1.54, 1.807) is 12.3 Å². The molecule has 0 unspecified atom stereocenters. The maximum Gasteiger partial charge on any atom is 0.227 e. The molecule has 0 atom stereocenters. The molecule has 6 heteroatoms. The van der Waals surface area contributed by atoms with Crippen LogP contribution in [0.5, 0.6) is 0 Å². The predicted molar refractivity (Wildman–Crippen MR) is 90.8 cm³/mol. The minimum absolute atomic E-state index is 0.601. The number of nitriles is 1. The number of aromatic nitrogens is 2. The first kappa shape index (κ1) is 15.3. The summed E-state index contributed by atoms with van der Waals surface area (Å²) < 4.78 is 0. The number of likely N-dealkylation sites (N-methyl/N-ethyl adjacent to an activating group) is 1. The van der Waals surface area contributed by atoms with Crippen LogP contribution in [0.4, 0.5) is 17.5 Å². The molecule has 118 valence electrons. The van der Waals surface area contributed by atoms with E-state index in [2.05, 4.69) is 38.1 Å². The highest BCUT2D eigenvalue weighted by molar-refractivity contribution is 5.64. The Morgan fingerprint density at radius 3 is 2.70 bits per heavy atom. The fraction of sp³-hybridized carbons (Fsp3) is 0.353. The average molecular weight is 308 g/mol. The fourth-order valence-corrected chi connectivity index (χ4v) is 2.66. The second-order valence-electron chi connectivity index (χ2n) is 5.45. The molecule has 23 heavy (non-hydrogen) atoms. The topological polar surface area (TPSA) is 68.1 Å². The van der Waals surface area contributed by atoms with Gasteiger partial charge >= 0.3 is 0 Å². The van der Waals surface area contributed by atoms with E-state index in [-0.39, 0.29) is 0 Å². The highest BCUT2D eigenvalue weighted by Crippen LogP contribution is 2.20. The molecule has 1 saturated heterocycles. The third kappa shape index (κ3) is 3.58. The number of rotatable bonds is 4. The number of para-hydroxylation sites is 1. The van der Waals surface area contributed by atoms with Gasteiger partial charge in [-0.3, -0.25) is 0 Å². The summed E-state index contributed by atoms with van der Waals surface area (Å²) in [5.41, 5.74) is 1.36. The van der Waals surface area contributed by atoms with Crippen molar-refractivity contribution in [2.24, 2.45) is 0 Å². The van der Waals surface area contributed by atoms with Crippen LogP contribution in [0.2, 0.25) is 0 Å². The first-order valence-electron chi connectivity index (χ1n) is 7.86. The van der Waals surface area contributed by atoms with Crippen LogP contribution in [-0.4, -0.2) is 47.6 Å². The Morgan fingerprint density at radius 2 is 1.96 bits per heavy atom. The molecule has 0 aliphatic carbocycles. The standard InChI is InChI=1S/C17H20N6/c1-2-22-9-11-23(12-10-22)17-19-8-7-16(21-17)20-15-6-4-3-5-14(15)13-18/h3-8H,2,9-12H2,1H3,(H,19,20,21). The molecule has 0 radical (unpaired) electrons. The molecule has 3 rings (SSSR count). The van der Waals surface area contributed by atoms with E-state index in [1.165, 1.54) is 0 Å². The zero-order valence-electron chi connectivity index (χ0n) is 13.2. The third-order valence-corrected chi connectivity index (χ3v) is 4.06. The van der Waals surface area contributed by atoms with Gasteiger partial charge in [-0.1, -0.05) is 19.1 Å². The number of piperazine rings is 1. The van der Waals surface area contributed by atoms with Crippen molar-refractivity contribution in [3.63, 3.8) is 0 Å². The number of nitrogens with zero attached hydrogens (tertiary/aromatic N) is 5. The second-order valence-corrected chi connectivity index (χ2v) is 5.45. The van der Waals surface area contributed by atoms with Gasteiger partial charge in [0.1, 0.15) is 11.9 Å². The summed E-state index contributed by atoms with van der Waals surface area (Å²) in [6.45, 7) is 7.21. The van der Waals surface area contributed by atoms with E-state index in [9.17, 15) is 0 Å². The summed E-state index contributed by atoms with van der Waals surface area (Å²) in [6.07, 6.45) is 1.76. The van der Waals surface area contributed by atoms with Crippen molar-refractivity contribution in [3.8, 4) is 6.07 Å². The van der Waals surface area contributed by atoms with Crippen molar-refractivity contribution in [2.75, 3.05) is 42.9 Å². The highest BCUT2D eigenvalue weighted by Gasteiger charge is 2.18. The van der Waals surface area contributed by atoms with Crippen LogP contribution in [0.25, 0.3) is 0 Å². The largest absolute Gasteiger partial charge is 0.339 e. The molecular weight excluding hydrogens is 288 g/mol. The maximum absolute atomic E-state index is 9.17. The van der Waals surface area contributed by atoms with Crippen molar-refractivity contribution in [2.45, 2.75) is 6.92 Å². The maximum atomic E-state index is 9.17. The van der Waals surface area contributed by atoms with Crippen LogP contribution in [-0.2, 0) is 0 Å². The Balaban J connectivity index is 1.74. The molecule has 1 fully saturated rings. The van der Waals surface area contributed by atoms with Gasteiger partial charge in [-0.2, -0.15) is 10.2 Å². The summed E-state index contributed by atoms with van der Waals surface area (Å²) in [5.74, 6) is 1.44. The Bertz CT molecular complexity index is 700. The van der Waals surface area contributed by atoms with Gasteiger partial charge in [0.05, 0.1) is 11.3 Å². The van der Waals surface area contributed by atoms with Crippen molar-refractivity contribution >= 4 is 17.5 Å². The number of anilines is 3. The molecule has 1 N–H and O–H groups in total. The van der Waals surface area contributed by atoms with Crippen LogP contribution >= 0.6 is 0 Å². The lowest BCUT2D eigenvalue weighted by molar-refractivity contribution is 0.270. The van der Waals surface area contributed by atoms with E-state index >= 15 is 0 Å². The molecule has 1 aliphatic rings. The molecule has 6 nitrogen and oxygen atoms in total. The zero-order chi connectivity index (χ0) is 16.1. The predicted octanol–water partition coefficient (Wildman–Crippen LogP) is 2.23. The Morgan fingerprint density at radius 1 is 1.17 bits per heavy atom. The van der Waals surface area contributed by atoms with Crippen LogP contribution < -0.4 is 10.2 Å². The number of benzene rings is 1. The van der Waals surface area contributed by atoms with Gasteiger partial charge in [-0.05, 0) is 24.7 Å². The average Bonchev–Trinajstić information content (AvgIpc) is 2.62. The molecule has 2 heterocycles. The molecule has 0 amide bonds. The molecule has 1 aromatic heterocycles. The molecular formula is C17H20N6. The van der Waals surface area contributed by atoms with Gasteiger partial charge in [-0.15, -0.1) is 0 Å². The Kier molecular flexibility index (Phi) is 4.69. The van der Waals surface area contributed by atoms with Gasteiger partial charge in [0, 0.05) is 32.4 Å². The Labute approximate surface area is 136 Å². The van der Waals surface area contributed by atoms with Crippen LogP contribution in [0.15, 0.2) is 36.5 Å². The van der Waals surface area contributed by atoms with Crippen molar-refractivity contribution < 1.29 is 0 Å². The highest BCUT2D eigenvalue weighted by atomic mass is 15.3. The van der Waals surface area contributed by atoms with Crippen LogP contribution in [0.1, 0.15) is 12.5 Å². The monoisotopic (exact) mass is 308 g/mol. The SMILES string of the molecule is CCN1CCN(c2nccc(Nc3ccccc3C#N)n2)CC1. The fourth-order valence-electron chi connectivity index (χ4n) is 2.66. The van der Waals surface area contributed by atoms with Gasteiger partial charge in [-0.25, -0.2) is 4.98 Å². The molecule has 0 bridgehead atoms. The van der Waals surface area contributed by atoms with Crippen molar-refractivity contribution in [1.29, 1.82) is 5.26 Å². The summed E-state index contributed by atoms with van der Waals surface area (Å²) in [7, 11) is 0. The van der Waals surface area contributed by atoms with Gasteiger partial charge in [0.15, 0.2) is 0 Å². The summed E-state index contributed by atoms with van der Waals surface area (Å²) >= 11 is 0. The van der Waals surface area contributed by atoms with E-state index in [0.717, 1.165) is 44.4 Å². The minimum Gasteiger partial charge on any atom is -0.339 e. The molecule has 0 spiro atoms. The summed E-state index contributed by atoms with van der Waals surface area (Å²) in [6, 6.07) is 11.4. The molecule has 0 saturated carbocycles. The van der Waals surface area contributed by atoms with E-state index < -0.39 is 0 Å². The number of hydrogen-bond acceptors (Lipinski definition) is 6. The van der Waals surface area contributed by atoms with Gasteiger partial charge in [0.2, 0.25) is 5.95 Å². The van der Waals surface area contributed by atoms with E-state index in [0.29, 0.717) is 11.4 Å². The molecule has 1 aromatic carbocycles. The molecule has 2 aromatic rings. The lowest BCUT2D eigenvalue weighted by Crippen LogP contribution is -2.46. The van der Waals surface area contributed by atoms with Crippen molar-refractivity contribution in [3.05, 3.63) is 42.1 Å². The normalized spacial score (nSPS) is 15.2. The van der Waals surface area contributed by atoms with Crippen LogP contribution in [0.3, 0.4) is 0 Å². The number of hydrogen-bond donors (Lipinski definition) is 1. The lowest BCUT2D eigenvalue weighted by atomic mass is 10.2. The third-order valence-electron chi connectivity index (χ3n) is 4.06. The smallest absolute Gasteiger partial charge is 0.227 e. The quantitative estimate of drug-likeness (QED) is 0.934. The van der Waals surface area contributed by atoms with E-state index in [1.807, 2.05) is 24.3 Å². The van der Waals surface area contributed by atoms with Gasteiger partial charge in [0.25, 0.3) is 0 Å². The van der Waals surface area contributed by atoms with Gasteiger partial charge < -0.3 is 15.1 Å².